The molecule has 0 radical (unpaired) electrons. The second-order valence-electron chi connectivity index (χ2n) is 3.79. The molecule has 3 nitrogen and oxygen atoms in total. The largest absolute Gasteiger partial charge is 0.416 e. The number of halogens is 4. The van der Waals surface area contributed by atoms with Crippen molar-refractivity contribution in [3.8, 4) is 0 Å². The fourth-order valence-electron chi connectivity index (χ4n) is 1.23. The van der Waals surface area contributed by atoms with E-state index in [1.165, 1.54) is 6.92 Å². The molecule has 0 unspecified atom stereocenters. The van der Waals surface area contributed by atoms with Gasteiger partial charge >= 0.3 is 6.18 Å². The number of amides is 1. The van der Waals surface area contributed by atoms with Crippen LogP contribution in [-0.2, 0) is 6.18 Å². The molecule has 100 valence electrons. The van der Waals surface area contributed by atoms with Crippen molar-refractivity contribution in [1.82, 2.24) is 5.32 Å². The van der Waals surface area contributed by atoms with Crippen LogP contribution < -0.4 is 5.32 Å². The molecule has 0 heterocycles. The van der Waals surface area contributed by atoms with Gasteiger partial charge in [0.1, 0.15) is 0 Å². The third-order valence-electron chi connectivity index (χ3n) is 2.05. The molecule has 0 saturated carbocycles. The summed E-state index contributed by atoms with van der Waals surface area (Å²) in [5, 5.41) is 11.1. The summed E-state index contributed by atoms with van der Waals surface area (Å²) in [5.41, 5.74) is -1.19. The molecule has 1 atom stereocenters. The van der Waals surface area contributed by atoms with Gasteiger partial charge in [0.05, 0.1) is 11.7 Å². The van der Waals surface area contributed by atoms with Crippen LogP contribution in [0.5, 0.6) is 0 Å². The first-order valence-corrected chi connectivity index (χ1v) is 5.42. The van der Waals surface area contributed by atoms with Crippen LogP contribution in [0.15, 0.2) is 18.2 Å². The van der Waals surface area contributed by atoms with Crippen LogP contribution in [0.4, 0.5) is 13.2 Å². The van der Waals surface area contributed by atoms with E-state index >= 15 is 0 Å². The van der Waals surface area contributed by atoms with Gasteiger partial charge in [0.2, 0.25) is 0 Å². The summed E-state index contributed by atoms with van der Waals surface area (Å²) < 4.78 is 37.5. The van der Waals surface area contributed by atoms with Crippen LogP contribution in [0.2, 0.25) is 5.02 Å². The first kappa shape index (κ1) is 14.8. The molecule has 0 fully saturated rings. The minimum atomic E-state index is -4.57. The summed E-state index contributed by atoms with van der Waals surface area (Å²) in [4.78, 5) is 11.5. The highest BCUT2D eigenvalue weighted by molar-refractivity contribution is 6.31. The van der Waals surface area contributed by atoms with E-state index in [9.17, 15) is 18.0 Å². The number of carbonyl (C=O) groups is 1. The first-order chi connectivity index (χ1) is 8.20. The Kier molecular flexibility index (Phi) is 4.59. The van der Waals surface area contributed by atoms with E-state index < -0.39 is 23.8 Å². The predicted octanol–water partition coefficient (Wildman–Crippen LogP) is 2.47. The third kappa shape index (κ3) is 4.19. The third-order valence-corrected chi connectivity index (χ3v) is 2.26. The van der Waals surface area contributed by atoms with Crippen molar-refractivity contribution in [2.45, 2.75) is 19.2 Å². The van der Waals surface area contributed by atoms with Crippen LogP contribution in [-0.4, -0.2) is 23.7 Å². The summed E-state index contributed by atoms with van der Waals surface area (Å²) in [5.74, 6) is -0.719. The Morgan fingerprint density at radius 3 is 2.56 bits per heavy atom. The van der Waals surface area contributed by atoms with Crippen molar-refractivity contribution in [2.75, 3.05) is 6.54 Å². The average molecular weight is 282 g/mol. The van der Waals surface area contributed by atoms with Crippen molar-refractivity contribution >= 4 is 17.5 Å². The molecule has 18 heavy (non-hydrogen) atoms. The maximum Gasteiger partial charge on any atom is 0.416 e. The average Bonchev–Trinajstić information content (AvgIpc) is 2.23. The van der Waals surface area contributed by atoms with Crippen molar-refractivity contribution < 1.29 is 23.1 Å². The molecule has 0 spiro atoms. The van der Waals surface area contributed by atoms with E-state index in [1.54, 1.807) is 0 Å². The Morgan fingerprint density at radius 1 is 1.44 bits per heavy atom. The number of aliphatic hydroxyl groups excluding tert-OH is 1. The molecular weight excluding hydrogens is 271 g/mol. The summed E-state index contributed by atoms with van der Waals surface area (Å²) >= 11 is 5.53. The first-order valence-electron chi connectivity index (χ1n) is 5.04. The Morgan fingerprint density at radius 2 is 2.06 bits per heavy atom. The molecule has 2 N–H and O–H groups in total. The van der Waals surface area contributed by atoms with Gasteiger partial charge in [0.15, 0.2) is 0 Å². The summed E-state index contributed by atoms with van der Waals surface area (Å²) in [7, 11) is 0. The molecule has 0 aliphatic heterocycles. The zero-order chi connectivity index (χ0) is 13.9. The van der Waals surface area contributed by atoms with Crippen LogP contribution >= 0.6 is 11.6 Å². The highest BCUT2D eigenvalue weighted by Crippen LogP contribution is 2.31. The Bertz CT molecular complexity index is 446. The summed E-state index contributed by atoms with van der Waals surface area (Å²) in [6.45, 7) is 1.39. The van der Waals surface area contributed by atoms with E-state index in [0.29, 0.717) is 6.07 Å². The number of hydrogen-bond donors (Lipinski definition) is 2. The molecule has 1 aromatic carbocycles. The van der Waals surface area contributed by atoms with Gasteiger partial charge in [0.25, 0.3) is 5.91 Å². The molecule has 1 amide bonds. The predicted molar refractivity (Wildman–Crippen MR) is 60.5 cm³/mol. The highest BCUT2D eigenvalue weighted by Gasteiger charge is 2.31. The molecule has 0 aliphatic carbocycles. The van der Waals surface area contributed by atoms with Gasteiger partial charge in [-0.25, -0.2) is 0 Å². The number of nitrogens with one attached hydrogen (secondary N) is 1. The maximum atomic E-state index is 12.5. The monoisotopic (exact) mass is 281 g/mol. The molecule has 0 bridgehead atoms. The van der Waals surface area contributed by atoms with Crippen molar-refractivity contribution in [3.05, 3.63) is 34.3 Å². The molecule has 1 aromatic rings. The number of hydrogen-bond acceptors (Lipinski definition) is 2. The number of alkyl halides is 3. The normalized spacial score (nSPS) is 13.2. The van der Waals surface area contributed by atoms with Gasteiger partial charge < -0.3 is 10.4 Å². The van der Waals surface area contributed by atoms with Crippen molar-refractivity contribution in [2.24, 2.45) is 0 Å². The van der Waals surface area contributed by atoms with Gasteiger partial charge in [-0.1, -0.05) is 11.6 Å². The molecule has 0 aliphatic rings. The van der Waals surface area contributed by atoms with Gasteiger partial charge in [-0.3, -0.25) is 4.79 Å². The highest BCUT2D eigenvalue weighted by atomic mass is 35.5. The second kappa shape index (κ2) is 5.58. The van der Waals surface area contributed by atoms with Gasteiger partial charge in [-0.05, 0) is 25.1 Å². The van der Waals surface area contributed by atoms with Crippen LogP contribution in [0, 0.1) is 0 Å². The lowest BCUT2D eigenvalue weighted by atomic mass is 10.1. The summed E-state index contributed by atoms with van der Waals surface area (Å²) in [6.07, 6.45) is -5.35. The molecule has 0 aromatic heterocycles. The van der Waals surface area contributed by atoms with E-state index in [2.05, 4.69) is 5.32 Å². The van der Waals surface area contributed by atoms with Gasteiger partial charge in [-0.15, -0.1) is 0 Å². The zero-order valence-electron chi connectivity index (χ0n) is 9.38. The fourth-order valence-corrected chi connectivity index (χ4v) is 1.46. The number of carbonyl (C=O) groups excluding carboxylic acids is 1. The summed E-state index contributed by atoms with van der Waals surface area (Å²) in [6, 6.07) is 2.59. The van der Waals surface area contributed by atoms with Crippen molar-refractivity contribution in [1.29, 1.82) is 0 Å². The van der Waals surface area contributed by atoms with Crippen molar-refractivity contribution in [3.63, 3.8) is 0 Å². The Labute approximate surface area is 107 Å². The lowest BCUT2D eigenvalue weighted by Gasteiger charge is -2.11. The quantitative estimate of drug-likeness (QED) is 0.894. The Hall–Kier alpha value is -1.27. The minimum Gasteiger partial charge on any atom is -0.392 e. The fraction of sp³-hybridized carbons (Fsp3) is 0.364. The lowest BCUT2D eigenvalue weighted by molar-refractivity contribution is -0.137. The van der Waals surface area contributed by atoms with Crippen LogP contribution in [0.1, 0.15) is 22.8 Å². The van der Waals surface area contributed by atoms with Crippen LogP contribution in [0.3, 0.4) is 0 Å². The Balaban J connectivity index is 2.96. The van der Waals surface area contributed by atoms with E-state index in [0.717, 1.165) is 12.1 Å². The lowest BCUT2D eigenvalue weighted by Crippen LogP contribution is -2.30. The molecule has 0 saturated heterocycles. The maximum absolute atomic E-state index is 12.5. The number of aliphatic hydroxyl groups is 1. The van der Waals surface area contributed by atoms with E-state index in [4.69, 9.17) is 16.7 Å². The van der Waals surface area contributed by atoms with E-state index in [1.807, 2.05) is 0 Å². The minimum absolute atomic E-state index is 0.0489. The molecular formula is C11H11ClF3NO2. The molecule has 7 heteroatoms. The smallest absolute Gasteiger partial charge is 0.392 e. The number of rotatable bonds is 3. The van der Waals surface area contributed by atoms with Gasteiger partial charge in [-0.2, -0.15) is 13.2 Å². The molecule has 1 rings (SSSR count). The van der Waals surface area contributed by atoms with E-state index in [-0.39, 0.29) is 17.1 Å². The number of benzene rings is 1. The second-order valence-corrected chi connectivity index (χ2v) is 4.22. The van der Waals surface area contributed by atoms with Gasteiger partial charge in [0, 0.05) is 17.1 Å². The zero-order valence-corrected chi connectivity index (χ0v) is 10.1. The van der Waals surface area contributed by atoms with Crippen LogP contribution in [0.25, 0.3) is 0 Å². The standard InChI is InChI=1S/C11H11ClF3NO2/c1-6(17)5-16-10(18)7-2-8(11(13,14)15)4-9(12)3-7/h2-4,6,17H,5H2,1H3,(H,16,18)/t6-/m1/s1. The topological polar surface area (TPSA) is 49.3 Å². The SMILES string of the molecule is C[C@@H](O)CNC(=O)c1cc(Cl)cc(C(F)(F)F)c1.